The van der Waals surface area contributed by atoms with Crippen molar-refractivity contribution in [3.63, 3.8) is 0 Å². The van der Waals surface area contributed by atoms with Gasteiger partial charge in [-0.25, -0.2) is 4.39 Å². The van der Waals surface area contributed by atoms with Gasteiger partial charge in [-0.2, -0.15) is 0 Å². The molecule has 1 aromatic carbocycles. The van der Waals surface area contributed by atoms with Crippen molar-refractivity contribution in [2.24, 2.45) is 0 Å². The van der Waals surface area contributed by atoms with Crippen LogP contribution in [0.15, 0.2) is 18.2 Å². The Bertz CT molecular complexity index is 283. The minimum absolute atomic E-state index is 0.0417. The molecule has 1 saturated heterocycles. The fourth-order valence-electron chi connectivity index (χ4n) is 1.09. The molecule has 1 aliphatic heterocycles. The molecule has 0 radical (unpaired) electrons. The summed E-state index contributed by atoms with van der Waals surface area (Å²) in [5.41, 5.74) is 0.784. The van der Waals surface area contributed by atoms with Gasteiger partial charge in [0.25, 0.3) is 0 Å². The lowest BCUT2D eigenvalue weighted by Crippen LogP contribution is -1.85. The third-order valence-electron chi connectivity index (χ3n) is 1.78. The van der Waals surface area contributed by atoms with Crippen molar-refractivity contribution in [1.29, 1.82) is 0 Å². The molecule has 0 unspecified atom stereocenters. The fourth-order valence-corrected chi connectivity index (χ4v) is 1.09. The maximum Gasteiger partial charge on any atom is 0.126 e. The maximum absolute atomic E-state index is 12.5. The highest BCUT2D eigenvalue weighted by Crippen LogP contribution is 2.29. The SMILES string of the molecule is Oc1cc(F)ccc1[C@H]1CN1. The van der Waals surface area contributed by atoms with Gasteiger partial charge in [-0.15, -0.1) is 0 Å². The van der Waals surface area contributed by atoms with Crippen molar-refractivity contribution in [3.05, 3.63) is 29.6 Å². The molecule has 1 heterocycles. The number of phenolic OH excluding ortho intramolecular Hbond substituents is 1. The van der Waals surface area contributed by atoms with Crippen molar-refractivity contribution in [2.75, 3.05) is 6.54 Å². The Morgan fingerprint density at radius 2 is 2.27 bits per heavy atom. The zero-order valence-electron chi connectivity index (χ0n) is 5.84. The van der Waals surface area contributed by atoms with E-state index in [1.807, 2.05) is 0 Å². The summed E-state index contributed by atoms with van der Waals surface area (Å²) < 4.78 is 12.5. The molecule has 3 heteroatoms. The average Bonchev–Trinajstić information content (AvgIpc) is 2.70. The monoisotopic (exact) mass is 153 g/mol. The van der Waals surface area contributed by atoms with E-state index in [9.17, 15) is 9.50 Å². The summed E-state index contributed by atoms with van der Waals surface area (Å²) in [6, 6.07) is 4.33. The molecule has 2 rings (SSSR count). The number of rotatable bonds is 1. The third-order valence-corrected chi connectivity index (χ3v) is 1.78. The average molecular weight is 153 g/mol. The Labute approximate surface area is 63.7 Å². The van der Waals surface area contributed by atoms with E-state index in [-0.39, 0.29) is 11.8 Å². The quantitative estimate of drug-likeness (QED) is 0.595. The van der Waals surface area contributed by atoms with Crippen LogP contribution in [0.25, 0.3) is 0 Å². The van der Waals surface area contributed by atoms with Gasteiger partial charge in [0.15, 0.2) is 0 Å². The van der Waals surface area contributed by atoms with Gasteiger partial charge >= 0.3 is 0 Å². The zero-order chi connectivity index (χ0) is 7.84. The predicted octanol–water partition coefficient (Wildman–Crippen LogP) is 1.18. The molecule has 0 bridgehead atoms. The Hall–Kier alpha value is -1.09. The van der Waals surface area contributed by atoms with Gasteiger partial charge in [-0.3, -0.25) is 0 Å². The van der Waals surface area contributed by atoms with Gasteiger partial charge in [-0.1, -0.05) is 6.07 Å². The molecule has 0 amide bonds. The summed E-state index contributed by atoms with van der Waals surface area (Å²) >= 11 is 0. The van der Waals surface area contributed by atoms with Crippen LogP contribution in [0.4, 0.5) is 4.39 Å². The molecular formula is C8H8FNO. The van der Waals surface area contributed by atoms with E-state index in [1.54, 1.807) is 6.07 Å². The van der Waals surface area contributed by atoms with Crippen LogP contribution in [0, 0.1) is 5.82 Å². The lowest BCUT2D eigenvalue weighted by Gasteiger charge is -1.99. The van der Waals surface area contributed by atoms with Gasteiger partial charge in [0, 0.05) is 24.2 Å². The van der Waals surface area contributed by atoms with Gasteiger partial charge < -0.3 is 10.4 Å². The van der Waals surface area contributed by atoms with Crippen molar-refractivity contribution in [3.8, 4) is 5.75 Å². The first-order valence-electron chi connectivity index (χ1n) is 3.49. The van der Waals surface area contributed by atoms with E-state index in [0.717, 1.165) is 18.2 Å². The summed E-state index contributed by atoms with van der Waals surface area (Å²) in [5.74, 6) is -0.355. The first kappa shape index (κ1) is 6.61. The van der Waals surface area contributed by atoms with Crippen LogP contribution >= 0.6 is 0 Å². The van der Waals surface area contributed by atoms with Gasteiger partial charge in [0.05, 0.1) is 0 Å². The number of halogens is 1. The van der Waals surface area contributed by atoms with Gasteiger partial charge in [-0.05, 0) is 6.07 Å². The molecule has 0 saturated carbocycles. The molecule has 2 N–H and O–H groups in total. The Morgan fingerprint density at radius 3 is 2.82 bits per heavy atom. The molecule has 11 heavy (non-hydrogen) atoms. The van der Waals surface area contributed by atoms with E-state index in [1.165, 1.54) is 6.07 Å². The van der Waals surface area contributed by atoms with E-state index < -0.39 is 5.82 Å². The highest BCUT2D eigenvalue weighted by molar-refractivity contribution is 5.37. The minimum atomic E-state index is -0.396. The largest absolute Gasteiger partial charge is 0.508 e. The standard InChI is InChI=1S/C8H8FNO/c9-5-1-2-6(7-4-10-7)8(11)3-5/h1-3,7,10-11H,4H2/t7-/m1/s1. The molecular weight excluding hydrogens is 145 g/mol. The predicted molar refractivity (Wildman–Crippen MR) is 38.8 cm³/mol. The smallest absolute Gasteiger partial charge is 0.126 e. The summed E-state index contributed by atoms with van der Waals surface area (Å²) in [6.45, 7) is 0.874. The number of phenols is 1. The topological polar surface area (TPSA) is 42.2 Å². The highest BCUT2D eigenvalue weighted by Gasteiger charge is 2.24. The fraction of sp³-hybridized carbons (Fsp3) is 0.250. The highest BCUT2D eigenvalue weighted by atomic mass is 19.1. The number of aromatic hydroxyl groups is 1. The summed E-state index contributed by atoms with van der Waals surface area (Å²) in [6.07, 6.45) is 0. The molecule has 1 atom stereocenters. The van der Waals surface area contributed by atoms with Crippen molar-refractivity contribution < 1.29 is 9.50 Å². The van der Waals surface area contributed by atoms with Crippen LogP contribution in [0.3, 0.4) is 0 Å². The van der Waals surface area contributed by atoms with E-state index in [0.29, 0.717) is 0 Å². The Morgan fingerprint density at radius 1 is 1.55 bits per heavy atom. The number of benzene rings is 1. The number of hydrogen-bond acceptors (Lipinski definition) is 2. The molecule has 0 aromatic heterocycles. The molecule has 0 spiro atoms. The van der Waals surface area contributed by atoms with Crippen molar-refractivity contribution >= 4 is 0 Å². The third kappa shape index (κ3) is 1.19. The molecule has 1 aliphatic rings. The Kier molecular flexibility index (Phi) is 1.32. The molecule has 58 valence electrons. The number of nitrogens with one attached hydrogen (secondary N) is 1. The van der Waals surface area contributed by atoms with Crippen LogP contribution in [0.5, 0.6) is 5.75 Å². The summed E-state index contributed by atoms with van der Waals surface area (Å²) in [4.78, 5) is 0. The van der Waals surface area contributed by atoms with Gasteiger partial charge in [0.1, 0.15) is 11.6 Å². The number of hydrogen-bond donors (Lipinski definition) is 2. The summed E-state index contributed by atoms with van der Waals surface area (Å²) in [5, 5.41) is 12.3. The van der Waals surface area contributed by atoms with Crippen molar-refractivity contribution in [2.45, 2.75) is 6.04 Å². The minimum Gasteiger partial charge on any atom is -0.508 e. The van der Waals surface area contributed by atoms with Crippen molar-refractivity contribution in [1.82, 2.24) is 5.32 Å². The first-order chi connectivity index (χ1) is 5.27. The lowest BCUT2D eigenvalue weighted by molar-refractivity contribution is 0.462. The molecule has 0 aliphatic carbocycles. The second-order valence-corrected chi connectivity index (χ2v) is 2.66. The van der Waals surface area contributed by atoms with Crippen LogP contribution in [0.2, 0.25) is 0 Å². The molecule has 1 fully saturated rings. The Balaban J connectivity index is 2.39. The van der Waals surface area contributed by atoms with E-state index in [2.05, 4.69) is 5.32 Å². The van der Waals surface area contributed by atoms with E-state index in [4.69, 9.17) is 0 Å². The van der Waals surface area contributed by atoms with Crippen LogP contribution in [-0.4, -0.2) is 11.7 Å². The van der Waals surface area contributed by atoms with Crippen LogP contribution in [-0.2, 0) is 0 Å². The normalized spacial score (nSPS) is 21.7. The second-order valence-electron chi connectivity index (χ2n) is 2.66. The van der Waals surface area contributed by atoms with Gasteiger partial charge in [0.2, 0.25) is 0 Å². The first-order valence-corrected chi connectivity index (χ1v) is 3.49. The second kappa shape index (κ2) is 2.20. The molecule has 1 aromatic rings. The summed E-state index contributed by atoms with van der Waals surface area (Å²) in [7, 11) is 0. The zero-order valence-corrected chi connectivity index (χ0v) is 5.84. The maximum atomic E-state index is 12.5. The van der Waals surface area contributed by atoms with Crippen LogP contribution in [0.1, 0.15) is 11.6 Å². The lowest BCUT2D eigenvalue weighted by atomic mass is 10.1. The van der Waals surface area contributed by atoms with Crippen LogP contribution < -0.4 is 5.32 Å². The van der Waals surface area contributed by atoms with E-state index >= 15 is 0 Å². The molecule has 2 nitrogen and oxygen atoms in total.